The molecule has 0 amide bonds. The summed E-state index contributed by atoms with van der Waals surface area (Å²) in [6.45, 7) is 0.716. The highest BCUT2D eigenvalue weighted by Gasteiger charge is 1.91. The summed E-state index contributed by atoms with van der Waals surface area (Å²) < 4.78 is 5.31. The summed E-state index contributed by atoms with van der Waals surface area (Å²) in [7, 11) is 0. The van der Waals surface area contributed by atoms with Crippen molar-refractivity contribution in [1.29, 1.82) is 0 Å². The van der Waals surface area contributed by atoms with Gasteiger partial charge in [0.2, 0.25) is 5.96 Å². The minimum atomic E-state index is -0.0929. The predicted octanol–water partition coefficient (Wildman–Crippen LogP) is 0.270. The third-order valence-electron chi connectivity index (χ3n) is 1.36. The van der Waals surface area contributed by atoms with Crippen molar-refractivity contribution in [3.05, 3.63) is 30.3 Å². The summed E-state index contributed by atoms with van der Waals surface area (Å²) in [5.74, 6) is 0.700. The van der Waals surface area contributed by atoms with Gasteiger partial charge in [0.25, 0.3) is 0 Å². The molecule has 5 heteroatoms. The standard InChI is InChI=1S/C9H13N3O2/c10-9(11)12-14-7-6-13-8-4-2-1-3-5-8/h1-5H,6-7H2,(H4,10,11,12). The molecule has 0 aliphatic heterocycles. The number of nitrogens with two attached hydrogens (primary N) is 2. The van der Waals surface area contributed by atoms with Crippen molar-refractivity contribution >= 4 is 5.96 Å². The van der Waals surface area contributed by atoms with Crippen LogP contribution in [0.1, 0.15) is 0 Å². The summed E-state index contributed by atoms with van der Waals surface area (Å²) in [4.78, 5) is 4.73. The normalized spacial score (nSPS) is 9.14. The lowest BCUT2D eigenvalue weighted by atomic mass is 10.3. The molecular weight excluding hydrogens is 182 g/mol. The molecule has 0 aliphatic carbocycles. The fourth-order valence-electron chi connectivity index (χ4n) is 0.834. The Bertz CT molecular complexity index is 283. The number of nitrogens with zero attached hydrogens (tertiary/aromatic N) is 1. The summed E-state index contributed by atoms with van der Waals surface area (Å²) in [6.07, 6.45) is 0. The molecule has 0 fully saturated rings. The van der Waals surface area contributed by atoms with E-state index in [0.29, 0.717) is 13.2 Å². The van der Waals surface area contributed by atoms with Crippen molar-refractivity contribution in [2.75, 3.05) is 13.2 Å². The molecule has 0 aromatic heterocycles. The van der Waals surface area contributed by atoms with E-state index in [9.17, 15) is 0 Å². The van der Waals surface area contributed by atoms with Crippen LogP contribution in [0.4, 0.5) is 0 Å². The molecule has 5 nitrogen and oxygen atoms in total. The predicted molar refractivity (Wildman–Crippen MR) is 53.7 cm³/mol. The number of rotatable bonds is 5. The van der Waals surface area contributed by atoms with Crippen LogP contribution in [0.25, 0.3) is 0 Å². The first-order valence-corrected chi connectivity index (χ1v) is 4.18. The molecule has 0 heterocycles. The Morgan fingerprint density at radius 1 is 1.14 bits per heavy atom. The van der Waals surface area contributed by atoms with Crippen LogP contribution in [-0.4, -0.2) is 19.2 Å². The van der Waals surface area contributed by atoms with E-state index in [-0.39, 0.29) is 5.96 Å². The molecule has 0 atom stereocenters. The van der Waals surface area contributed by atoms with Gasteiger partial charge in [0, 0.05) is 0 Å². The van der Waals surface area contributed by atoms with Gasteiger partial charge in [-0.15, -0.1) is 0 Å². The summed E-state index contributed by atoms with van der Waals surface area (Å²) >= 11 is 0. The smallest absolute Gasteiger partial charge is 0.228 e. The molecule has 0 saturated heterocycles. The molecule has 0 radical (unpaired) electrons. The van der Waals surface area contributed by atoms with E-state index in [1.807, 2.05) is 30.3 Å². The van der Waals surface area contributed by atoms with Gasteiger partial charge in [-0.1, -0.05) is 18.2 Å². The van der Waals surface area contributed by atoms with Gasteiger partial charge in [-0.3, -0.25) is 0 Å². The van der Waals surface area contributed by atoms with E-state index < -0.39 is 0 Å². The van der Waals surface area contributed by atoms with Gasteiger partial charge < -0.3 is 21.0 Å². The molecule has 4 N–H and O–H groups in total. The van der Waals surface area contributed by atoms with E-state index >= 15 is 0 Å². The molecule has 0 spiro atoms. The Balaban J connectivity index is 2.14. The van der Waals surface area contributed by atoms with Crippen LogP contribution in [0, 0.1) is 0 Å². The fourth-order valence-corrected chi connectivity index (χ4v) is 0.834. The lowest BCUT2D eigenvalue weighted by molar-refractivity contribution is 0.106. The molecule has 0 aliphatic rings. The second kappa shape index (κ2) is 5.69. The van der Waals surface area contributed by atoms with Gasteiger partial charge in [-0.05, 0) is 17.3 Å². The quantitative estimate of drug-likeness (QED) is 0.306. The summed E-state index contributed by atoms with van der Waals surface area (Å²) in [5, 5.41) is 3.35. The first kappa shape index (κ1) is 10.2. The minimum absolute atomic E-state index is 0.0929. The highest BCUT2D eigenvalue weighted by molar-refractivity contribution is 5.74. The first-order valence-electron chi connectivity index (χ1n) is 4.18. The zero-order valence-corrected chi connectivity index (χ0v) is 7.72. The molecular formula is C9H13N3O2. The van der Waals surface area contributed by atoms with Gasteiger partial charge in [0.05, 0.1) is 0 Å². The number of hydrogen-bond acceptors (Lipinski definition) is 3. The SMILES string of the molecule is NC(N)=NOCCOc1ccccc1. The van der Waals surface area contributed by atoms with Gasteiger partial charge >= 0.3 is 0 Å². The Kier molecular flexibility index (Phi) is 4.13. The van der Waals surface area contributed by atoms with E-state index in [4.69, 9.17) is 21.0 Å². The largest absolute Gasteiger partial charge is 0.490 e. The third kappa shape index (κ3) is 4.20. The van der Waals surface area contributed by atoms with E-state index in [2.05, 4.69) is 5.16 Å². The number of benzene rings is 1. The first-order chi connectivity index (χ1) is 6.79. The molecule has 0 saturated carbocycles. The number of ether oxygens (including phenoxy) is 1. The lowest BCUT2D eigenvalue weighted by Crippen LogP contribution is -2.23. The Morgan fingerprint density at radius 2 is 1.86 bits per heavy atom. The van der Waals surface area contributed by atoms with Crippen LogP contribution in [0.3, 0.4) is 0 Å². The van der Waals surface area contributed by atoms with Gasteiger partial charge in [-0.2, -0.15) is 0 Å². The van der Waals surface area contributed by atoms with Crippen LogP contribution in [0.2, 0.25) is 0 Å². The van der Waals surface area contributed by atoms with E-state index in [1.54, 1.807) is 0 Å². The number of para-hydroxylation sites is 1. The second-order valence-corrected chi connectivity index (χ2v) is 2.51. The third-order valence-corrected chi connectivity index (χ3v) is 1.36. The lowest BCUT2D eigenvalue weighted by Gasteiger charge is -2.04. The maximum atomic E-state index is 5.31. The zero-order chi connectivity index (χ0) is 10.2. The molecule has 1 rings (SSSR count). The van der Waals surface area contributed by atoms with Crippen LogP contribution in [0.15, 0.2) is 35.5 Å². The van der Waals surface area contributed by atoms with E-state index in [0.717, 1.165) is 5.75 Å². The maximum Gasteiger partial charge on any atom is 0.228 e. The number of guanidine groups is 1. The van der Waals surface area contributed by atoms with Crippen molar-refractivity contribution in [3.8, 4) is 5.75 Å². The van der Waals surface area contributed by atoms with Gasteiger partial charge in [0.15, 0.2) is 6.61 Å². The van der Waals surface area contributed by atoms with Gasteiger partial charge in [-0.25, -0.2) is 0 Å². The van der Waals surface area contributed by atoms with Gasteiger partial charge in [0.1, 0.15) is 12.4 Å². The highest BCUT2D eigenvalue weighted by Crippen LogP contribution is 2.07. The van der Waals surface area contributed by atoms with Crippen LogP contribution < -0.4 is 16.2 Å². The Morgan fingerprint density at radius 3 is 2.50 bits per heavy atom. The van der Waals surface area contributed by atoms with Crippen molar-refractivity contribution in [3.63, 3.8) is 0 Å². The molecule has 76 valence electrons. The molecule has 1 aromatic carbocycles. The minimum Gasteiger partial charge on any atom is -0.490 e. The molecule has 1 aromatic rings. The summed E-state index contributed by atoms with van der Waals surface area (Å²) in [5.41, 5.74) is 10.1. The topological polar surface area (TPSA) is 82.9 Å². The fraction of sp³-hybridized carbons (Fsp3) is 0.222. The maximum absolute atomic E-state index is 5.31. The monoisotopic (exact) mass is 195 g/mol. The van der Waals surface area contributed by atoms with Crippen LogP contribution in [0.5, 0.6) is 5.75 Å². The van der Waals surface area contributed by atoms with Crippen molar-refractivity contribution in [1.82, 2.24) is 0 Å². The zero-order valence-electron chi connectivity index (χ0n) is 7.72. The average Bonchev–Trinajstić information content (AvgIpc) is 2.18. The Labute approximate surface area is 82.3 Å². The van der Waals surface area contributed by atoms with Crippen LogP contribution in [-0.2, 0) is 4.84 Å². The number of oxime groups is 1. The van der Waals surface area contributed by atoms with E-state index in [1.165, 1.54) is 0 Å². The average molecular weight is 195 g/mol. The molecule has 0 bridgehead atoms. The van der Waals surface area contributed by atoms with Crippen molar-refractivity contribution in [2.45, 2.75) is 0 Å². The second-order valence-electron chi connectivity index (χ2n) is 2.51. The molecule has 0 unspecified atom stereocenters. The highest BCUT2D eigenvalue weighted by atomic mass is 16.6. The Hall–Kier alpha value is -1.91. The summed E-state index contributed by atoms with van der Waals surface area (Å²) in [6, 6.07) is 9.43. The van der Waals surface area contributed by atoms with Crippen molar-refractivity contribution in [2.24, 2.45) is 16.6 Å². The van der Waals surface area contributed by atoms with Crippen LogP contribution >= 0.6 is 0 Å². The number of hydrogen-bond donors (Lipinski definition) is 2. The van der Waals surface area contributed by atoms with Crippen molar-refractivity contribution < 1.29 is 9.57 Å². The molecule has 14 heavy (non-hydrogen) atoms.